The van der Waals surface area contributed by atoms with Crippen LogP contribution in [0.15, 0.2) is 34.8 Å². The van der Waals surface area contributed by atoms with E-state index in [4.69, 9.17) is 0 Å². The number of nitro groups is 1. The van der Waals surface area contributed by atoms with Gasteiger partial charge in [0.05, 0.1) is 16.7 Å². The summed E-state index contributed by atoms with van der Waals surface area (Å²) >= 11 is 5.18. The van der Waals surface area contributed by atoms with E-state index in [1.54, 1.807) is 23.5 Å². The molecular weight excluding hydrogens is 340 g/mol. The molecule has 106 valence electrons. The molecule has 1 unspecified atom stereocenters. The first-order chi connectivity index (χ1) is 9.51. The SMILES string of the molecule is CCc1ccc(C(C)Nc2cc([N+](=O)[O-])ccc2Br)s1. The third kappa shape index (κ3) is 3.37. The minimum absolute atomic E-state index is 0.0864. The molecule has 0 aliphatic carbocycles. The number of nitrogens with zero attached hydrogens (tertiary/aromatic N) is 1. The van der Waals surface area contributed by atoms with Crippen LogP contribution in [0.4, 0.5) is 11.4 Å². The lowest BCUT2D eigenvalue weighted by atomic mass is 10.2. The van der Waals surface area contributed by atoms with Crippen LogP contribution in [0.2, 0.25) is 0 Å². The van der Waals surface area contributed by atoms with Gasteiger partial charge in [0.2, 0.25) is 0 Å². The molecule has 4 nitrogen and oxygen atoms in total. The summed E-state index contributed by atoms with van der Waals surface area (Å²) in [5, 5.41) is 14.1. The first kappa shape index (κ1) is 15.0. The molecule has 1 aromatic heterocycles. The summed E-state index contributed by atoms with van der Waals surface area (Å²) in [6, 6.07) is 9.07. The van der Waals surface area contributed by atoms with Gasteiger partial charge in [-0.25, -0.2) is 0 Å². The first-order valence-electron chi connectivity index (χ1n) is 6.30. The molecule has 0 amide bonds. The maximum atomic E-state index is 10.8. The molecule has 1 heterocycles. The zero-order valence-electron chi connectivity index (χ0n) is 11.2. The van der Waals surface area contributed by atoms with Crippen molar-refractivity contribution in [3.05, 3.63) is 54.7 Å². The van der Waals surface area contributed by atoms with Crippen molar-refractivity contribution in [3.8, 4) is 0 Å². The van der Waals surface area contributed by atoms with E-state index in [-0.39, 0.29) is 16.7 Å². The van der Waals surface area contributed by atoms with E-state index in [0.29, 0.717) is 0 Å². The Morgan fingerprint density at radius 3 is 2.75 bits per heavy atom. The lowest BCUT2D eigenvalue weighted by molar-refractivity contribution is -0.384. The molecule has 0 bridgehead atoms. The van der Waals surface area contributed by atoms with Gasteiger partial charge in [-0.2, -0.15) is 0 Å². The predicted octanol–water partition coefficient (Wildman–Crippen LogP) is 5.15. The molecule has 0 spiro atoms. The molecule has 0 saturated carbocycles. The highest BCUT2D eigenvalue weighted by Crippen LogP contribution is 2.32. The number of aryl methyl sites for hydroxylation is 1. The van der Waals surface area contributed by atoms with Crippen molar-refractivity contribution in [1.82, 2.24) is 0 Å². The third-order valence-electron chi connectivity index (χ3n) is 2.99. The number of nitro benzene ring substituents is 1. The van der Waals surface area contributed by atoms with Gasteiger partial charge in [0.15, 0.2) is 0 Å². The fraction of sp³-hybridized carbons (Fsp3) is 0.286. The molecule has 20 heavy (non-hydrogen) atoms. The quantitative estimate of drug-likeness (QED) is 0.596. The van der Waals surface area contributed by atoms with Crippen LogP contribution < -0.4 is 5.32 Å². The van der Waals surface area contributed by atoms with Gasteiger partial charge in [-0.15, -0.1) is 11.3 Å². The molecule has 2 aromatic rings. The van der Waals surface area contributed by atoms with E-state index in [0.717, 1.165) is 16.6 Å². The van der Waals surface area contributed by atoms with Crippen LogP contribution in [0.25, 0.3) is 0 Å². The second kappa shape index (κ2) is 6.37. The lowest BCUT2D eigenvalue weighted by Crippen LogP contribution is -2.05. The fourth-order valence-electron chi connectivity index (χ4n) is 1.86. The average molecular weight is 355 g/mol. The van der Waals surface area contributed by atoms with Crippen molar-refractivity contribution in [2.24, 2.45) is 0 Å². The number of hydrogen-bond donors (Lipinski definition) is 1. The van der Waals surface area contributed by atoms with Crippen molar-refractivity contribution in [3.63, 3.8) is 0 Å². The highest BCUT2D eigenvalue weighted by Gasteiger charge is 2.13. The van der Waals surface area contributed by atoms with Gasteiger partial charge in [-0.05, 0) is 47.5 Å². The molecule has 0 fully saturated rings. The Kier molecular flexibility index (Phi) is 4.77. The number of nitrogens with one attached hydrogen (secondary N) is 1. The minimum atomic E-state index is -0.386. The van der Waals surface area contributed by atoms with E-state index in [1.165, 1.54) is 15.8 Å². The normalized spacial score (nSPS) is 12.2. The third-order valence-corrected chi connectivity index (χ3v) is 5.09. The largest absolute Gasteiger partial charge is 0.377 e. The number of thiophene rings is 1. The van der Waals surface area contributed by atoms with Gasteiger partial charge in [0.1, 0.15) is 0 Å². The number of anilines is 1. The van der Waals surface area contributed by atoms with Gasteiger partial charge in [-0.1, -0.05) is 6.92 Å². The fourth-order valence-corrected chi connectivity index (χ4v) is 3.18. The van der Waals surface area contributed by atoms with E-state index in [1.807, 2.05) is 0 Å². The number of hydrogen-bond acceptors (Lipinski definition) is 4. The Hall–Kier alpha value is -1.40. The van der Waals surface area contributed by atoms with Crippen LogP contribution in [0.1, 0.15) is 29.6 Å². The second-order valence-corrected chi connectivity index (χ2v) is 6.50. The van der Waals surface area contributed by atoms with E-state index >= 15 is 0 Å². The maximum absolute atomic E-state index is 10.8. The number of benzene rings is 1. The molecule has 1 aromatic carbocycles. The molecule has 6 heteroatoms. The Morgan fingerprint density at radius 2 is 2.15 bits per heavy atom. The molecule has 2 rings (SSSR count). The van der Waals surface area contributed by atoms with Gasteiger partial charge in [0.25, 0.3) is 5.69 Å². The lowest BCUT2D eigenvalue weighted by Gasteiger charge is -2.15. The molecule has 0 aliphatic rings. The van der Waals surface area contributed by atoms with Crippen molar-refractivity contribution >= 4 is 38.6 Å². The van der Waals surface area contributed by atoms with Gasteiger partial charge < -0.3 is 5.32 Å². The summed E-state index contributed by atoms with van der Waals surface area (Å²) < 4.78 is 0.822. The molecule has 0 radical (unpaired) electrons. The summed E-state index contributed by atoms with van der Waals surface area (Å²) in [6.07, 6.45) is 1.03. The van der Waals surface area contributed by atoms with Crippen LogP contribution >= 0.6 is 27.3 Å². The van der Waals surface area contributed by atoms with E-state index in [9.17, 15) is 10.1 Å². The second-order valence-electron chi connectivity index (χ2n) is 4.44. The summed E-state index contributed by atoms with van der Waals surface area (Å²) in [5.41, 5.74) is 0.821. The highest BCUT2D eigenvalue weighted by atomic mass is 79.9. The average Bonchev–Trinajstić information content (AvgIpc) is 2.89. The summed E-state index contributed by atoms with van der Waals surface area (Å²) in [6.45, 7) is 4.18. The molecule has 0 aliphatic heterocycles. The van der Waals surface area contributed by atoms with E-state index < -0.39 is 0 Å². The van der Waals surface area contributed by atoms with Crippen LogP contribution in [0, 0.1) is 10.1 Å². The highest BCUT2D eigenvalue weighted by molar-refractivity contribution is 9.10. The maximum Gasteiger partial charge on any atom is 0.271 e. The number of halogens is 1. The smallest absolute Gasteiger partial charge is 0.271 e. The summed E-state index contributed by atoms with van der Waals surface area (Å²) in [7, 11) is 0. The topological polar surface area (TPSA) is 55.2 Å². The zero-order valence-corrected chi connectivity index (χ0v) is 13.6. The Bertz CT molecular complexity index is 627. The standard InChI is InChI=1S/C14H15BrN2O2S/c1-3-11-5-7-14(20-11)9(2)16-13-8-10(17(18)19)4-6-12(13)15/h4-9,16H,3H2,1-2H3. The van der Waals surface area contributed by atoms with Crippen molar-refractivity contribution in [2.75, 3.05) is 5.32 Å². The van der Waals surface area contributed by atoms with Crippen LogP contribution in [0.3, 0.4) is 0 Å². The van der Waals surface area contributed by atoms with E-state index in [2.05, 4.69) is 47.2 Å². The van der Waals surface area contributed by atoms with Crippen molar-refractivity contribution < 1.29 is 4.92 Å². The van der Waals surface area contributed by atoms with Gasteiger partial charge >= 0.3 is 0 Å². The van der Waals surface area contributed by atoms with Crippen molar-refractivity contribution in [1.29, 1.82) is 0 Å². The molecular formula is C14H15BrN2O2S. The summed E-state index contributed by atoms with van der Waals surface area (Å²) in [5.74, 6) is 0. The first-order valence-corrected chi connectivity index (χ1v) is 7.91. The number of rotatable bonds is 5. The minimum Gasteiger partial charge on any atom is -0.377 e. The Morgan fingerprint density at radius 1 is 1.40 bits per heavy atom. The van der Waals surface area contributed by atoms with Crippen molar-refractivity contribution in [2.45, 2.75) is 26.3 Å². The Labute approximate surface area is 130 Å². The monoisotopic (exact) mass is 354 g/mol. The predicted molar refractivity (Wildman–Crippen MR) is 86.5 cm³/mol. The molecule has 1 N–H and O–H groups in total. The van der Waals surface area contributed by atoms with Crippen LogP contribution in [-0.4, -0.2) is 4.92 Å². The molecule has 0 saturated heterocycles. The van der Waals surface area contributed by atoms with Crippen LogP contribution in [0.5, 0.6) is 0 Å². The Balaban J connectivity index is 2.20. The zero-order chi connectivity index (χ0) is 14.7. The summed E-state index contributed by atoms with van der Waals surface area (Å²) in [4.78, 5) is 13.0. The van der Waals surface area contributed by atoms with Gasteiger partial charge in [0, 0.05) is 26.4 Å². The molecule has 1 atom stereocenters. The van der Waals surface area contributed by atoms with Gasteiger partial charge in [-0.3, -0.25) is 10.1 Å². The van der Waals surface area contributed by atoms with Crippen LogP contribution in [-0.2, 0) is 6.42 Å². The number of non-ortho nitro benzene ring substituents is 1.